The van der Waals surface area contributed by atoms with E-state index in [1.165, 1.54) is 0 Å². The van der Waals surface area contributed by atoms with Gasteiger partial charge in [-0.25, -0.2) is 0 Å². The molecule has 2 unspecified atom stereocenters. The molecule has 0 aliphatic heterocycles. The fourth-order valence-electron chi connectivity index (χ4n) is 3.10. The highest BCUT2D eigenvalue weighted by Gasteiger charge is 2.46. The molecule has 0 saturated heterocycles. The van der Waals surface area contributed by atoms with Crippen molar-refractivity contribution >= 4 is 5.91 Å². The number of rotatable bonds is 12. The topological polar surface area (TPSA) is 82.8 Å². The monoisotopic (exact) mass is 302 g/mol. The summed E-state index contributed by atoms with van der Waals surface area (Å²) >= 11 is 0. The molecule has 6 nitrogen and oxygen atoms in total. The lowest BCUT2D eigenvalue weighted by Crippen LogP contribution is -2.56. The van der Waals surface area contributed by atoms with Gasteiger partial charge in [0.05, 0.1) is 13.2 Å². The van der Waals surface area contributed by atoms with Crippen molar-refractivity contribution in [1.82, 2.24) is 5.32 Å². The molecule has 0 aromatic heterocycles. The molecule has 0 heterocycles. The van der Waals surface area contributed by atoms with E-state index < -0.39 is 5.54 Å². The standard InChI is InChI=1S/C15H30N2O4/c1-17-15(14(16)18)7-3-5-13(15)6-10-21-12-11-20-9-4-8-19-2/h13,17H,3-12H2,1-2H3,(H2,16,18). The average molecular weight is 302 g/mol. The van der Waals surface area contributed by atoms with Crippen molar-refractivity contribution in [1.29, 1.82) is 0 Å². The Morgan fingerprint density at radius 1 is 1.24 bits per heavy atom. The molecule has 1 rings (SSSR count). The lowest BCUT2D eigenvalue weighted by atomic mass is 9.84. The number of nitrogens with one attached hydrogen (secondary N) is 1. The van der Waals surface area contributed by atoms with Crippen molar-refractivity contribution in [3.05, 3.63) is 0 Å². The van der Waals surface area contributed by atoms with Gasteiger partial charge in [-0.2, -0.15) is 0 Å². The van der Waals surface area contributed by atoms with Crippen molar-refractivity contribution in [2.45, 2.75) is 37.6 Å². The van der Waals surface area contributed by atoms with Gasteiger partial charge in [0.25, 0.3) is 0 Å². The number of carbonyl (C=O) groups excluding carboxylic acids is 1. The summed E-state index contributed by atoms with van der Waals surface area (Å²) in [6, 6.07) is 0. The minimum atomic E-state index is -0.542. The Morgan fingerprint density at radius 2 is 1.95 bits per heavy atom. The van der Waals surface area contributed by atoms with E-state index in [0.29, 0.717) is 26.4 Å². The number of hydrogen-bond donors (Lipinski definition) is 2. The molecule has 1 aliphatic rings. The van der Waals surface area contributed by atoms with Crippen LogP contribution in [0.2, 0.25) is 0 Å². The van der Waals surface area contributed by atoms with Gasteiger partial charge in [-0.3, -0.25) is 4.79 Å². The van der Waals surface area contributed by atoms with Gasteiger partial charge in [0.2, 0.25) is 5.91 Å². The van der Waals surface area contributed by atoms with Crippen LogP contribution in [-0.2, 0) is 19.0 Å². The molecule has 0 aromatic rings. The SMILES string of the molecule is CNC1(C(N)=O)CCCC1CCOCCOCCCOC. The first-order valence-corrected chi connectivity index (χ1v) is 7.80. The van der Waals surface area contributed by atoms with E-state index in [-0.39, 0.29) is 11.8 Å². The van der Waals surface area contributed by atoms with Crippen LogP contribution in [0.25, 0.3) is 0 Å². The Kier molecular flexibility index (Phi) is 8.84. The summed E-state index contributed by atoms with van der Waals surface area (Å²) in [7, 11) is 3.50. The van der Waals surface area contributed by atoms with Crippen LogP contribution in [0, 0.1) is 5.92 Å². The van der Waals surface area contributed by atoms with Crippen LogP contribution < -0.4 is 11.1 Å². The van der Waals surface area contributed by atoms with Crippen LogP contribution in [-0.4, -0.2) is 58.6 Å². The minimum absolute atomic E-state index is 0.242. The smallest absolute Gasteiger partial charge is 0.238 e. The molecule has 1 fully saturated rings. The Hall–Kier alpha value is -0.690. The average Bonchev–Trinajstić information content (AvgIpc) is 2.89. The number of carbonyl (C=O) groups is 1. The summed E-state index contributed by atoms with van der Waals surface area (Å²) in [6.07, 6.45) is 4.65. The van der Waals surface area contributed by atoms with Gasteiger partial charge in [0, 0.05) is 26.9 Å². The molecule has 1 saturated carbocycles. The highest BCUT2D eigenvalue weighted by Crippen LogP contribution is 2.37. The first-order valence-electron chi connectivity index (χ1n) is 7.80. The number of amides is 1. The van der Waals surface area contributed by atoms with Crippen molar-refractivity contribution in [2.24, 2.45) is 11.7 Å². The molecule has 0 radical (unpaired) electrons. The molecule has 1 aliphatic carbocycles. The Labute approximate surface area is 127 Å². The van der Waals surface area contributed by atoms with Gasteiger partial charge >= 0.3 is 0 Å². The maximum atomic E-state index is 11.7. The summed E-state index contributed by atoms with van der Waals surface area (Å²) in [5.74, 6) is 0.0246. The first-order chi connectivity index (χ1) is 10.2. The van der Waals surface area contributed by atoms with Crippen LogP contribution in [0.4, 0.5) is 0 Å². The van der Waals surface area contributed by atoms with Gasteiger partial charge in [0.1, 0.15) is 5.54 Å². The number of likely N-dealkylation sites (N-methyl/N-ethyl adjacent to an activating group) is 1. The van der Waals surface area contributed by atoms with Crippen molar-refractivity contribution in [3.63, 3.8) is 0 Å². The molecule has 2 atom stereocenters. The Balaban J connectivity index is 2.11. The number of primary amides is 1. The molecule has 1 amide bonds. The van der Waals surface area contributed by atoms with E-state index in [2.05, 4.69) is 5.32 Å². The fraction of sp³-hybridized carbons (Fsp3) is 0.933. The third-order valence-electron chi connectivity index (χ3n) is 4.33. The zero-order valence-corrected chi connectivity index (χ0v) is 13.4. The summed E-state index contributed by atoms with van der Waals surface area (Å²) in [6.45, 7) is 3.25. The second-order valence-electron chi connectivity index (χ2n) is 5.53. The van der Waals surface area contributed by atoms with Crippen LogP contribution >= 0.6 is 0 Å². The quantitative estimate of drug-likeness (QED) is 0.518. The van der Waals surface area contributed by atoms with Crippen molar-refractivity contribution in [2.75, 3.05) is 47.2 Å². The number of methoxy groups -OCH3 is 1. The summed E-state index contributed by atoms with van der Waals surface area (Å²) < 4.78 is 15.9. The second-order valence-corrected chi connectivity index (χ2v) is 5.53. The lowest BCUT2D eigenvalue weighted by Gasteiger charge is -2.32. The fourth-order valence-corrected chi connectivity index (χ4v) is 3.10. The van der Waals surface area contributed by atoms with Crippen molar-refractivity contribution < 1.29 is 19.0 Å². The third-order valence-corrected chi connectivity index (χ3v) is 4.33. The first kappa shape index (κ1) is 18.4. The number of hydrogen-bond acceptors (Lipinski definition) is 5. The van der Waals surface area contributed by atoms with E-state index in [4.69, 9.17) is 19.9 Å². The van der Waals surface area contributed by atoms with Gasteiger partial charge in [-0.1, -0.05) is 6.42 Å². The normalized spacial score (nSPS) is 25.3. The van der Waals surface area contributed by atoms with E-state index in [1.807, 2.05) is 7.05 Å². The second kappa shape index (κ2) is 10.1. The van der Waals surface area contributed by atoms with Crippen LogP contribution in [0.1, 0.15) is 32.1 Å². The predicted molar refractivity (Wildman–Crippen MR) is 81.1 cm³/mol. The third kappa shape index (κ3) is 5.54. The molecule has 21 heavy (non-hydrogen) atoms. The zero-order valence-electron chi connectivity index (χ0n) is 13.4. The molecule has 3 N–H and O–H groups in total. The maximum absolute atomic E-state index is 11.7. The zero-order chi connectivity index (χ0) is 15.6. The van der Waals surface area contributed by atoms with E-state index in [0.717, 1.165) is 38.7 Å². The molecular weight excluding hydrogens is 272 g/mol. The van der Waals surface area contributed by atoms with Crippen LogP contribution in [0.15, 0.2) is 0 Å². The lowest BCUT2D eigenvalue weighted by molar-refractivity contribution is -0.126. The van der Waals surface area contributed by atoms with Gasteiger partial charge in [0.15, 0.2) is 0 Å². The summed E-state index contributed by atoms with van der Waals surface area (Å²) in [4.78, 5) is 11.7. The highest BCUT2D eigenvalue weighted by molar-refractivity contribution is 5.85. The molecule has 0 spiro atoms. The van der Waals surface area contributed by atoms with Gasteiger partial charge in [-0.05, 0) is 38.6 Å². The van der Waals surface area contributed by atoms with E-state index >= 15 is 0 Å². The Morgan fingerprint density at radius 3 is 2.57 bits per heavy atom. The molecule has 124 valence electrons. The van der Waals surface area contributed by atoms with Crippen LogP contribution in [0.3, 0.4) is 0 Å². The van der Waals surface area contributed by atoms with Gasteiger partial charge in [-0.15, -0.1) is 0 Å². The predicted octanol–water partition coefficient (Wildman–Crippen LogP) is 0.690. The molecular formula is C15H30N2O4. The summed E-state index contributed by atoms with van der Waals surface area (Å²) in [5.41, 5.74) is 5.03. The van der Waals surface area contributed by atoms with E-state index in [1.54, 1.807) is 7.11 Å². The largest absolute Gasteiger partial charge is 0.385 e. The molecule has 0 bridgehead atoms. The minimum Gasteiger partial charge on any atom is -0.385 e. The highest BCUT2D eigenvalue weighted by atomic mass is 16.5. The van der Waals surface area contributed by atoms with Crippen LogP contribution in [0.5, 0.6) is 0 Å². The maximum Gasteiger partial charge on any atom is 0.238 e. The Bertz CT molecular complexity index is 301. The molecule has 6 heteroatoms. The van der Waals surface area contributed by atoms with Crippen molar-refractivity contribution in [3.8, 4) is 0 Å². The summed E-state index contributed by atoms with van der Waals surface area (Å²) in [5, 5.41) is 3.14. The van der Waals surface area contributed by atoms with Gasteiger partial charge < -0.3 is 25.3 Å². The van der Waals surface area contributed by atoms with E-state index in [9.17, 15) is 4.79 Å². The number of ether oxygens (including phenoxy) is 3. The number of nitrogens with two attached hydrogens (primary N) is 1. The molecule has 0 aromatic carbocycles.